The molecular formula is C18H18O5. The van der Waals surface area contributed by atoms with Gasteiger partial charge in [-0.2, -0.15) is 0 Å². The van der Waals surface area contributed by atoms with Crippen LogP contribution in [0.3, 0.4) is 0 Å². The van der Waals surface area contributed by atoms with E-state index in [4.69, 9.17) is 9.47 Å². The molecule has 0 N–H and O–H groups in total. The summed E-state index contributed by atoms with van der Waals surface area (Å²) in [5.74, 6) is -4.01. The summed E-state index contributed by atoms with van der Waals surface area (Å²) in [6.45, 7) is 3.43. The lowest BCUT2D eigenvalue weighted by Crippen LogP contribution is -2.31. The molecule has 0 radical (unpaired) electrons. The molecule has 1 atom stereocenters. The van der Waals surface area contributed by atoms with Crippen molar-refractivity contribution < 1.29 is 23.9 Å². The molecule has 2 aromatic carbocycles. The molecule has 0 fully saturated rings. The van der Waals surface area contributed by atoms with Gasteiger partial charge in [-0.05, 0) is 30.2 Å². The summed E-state index contributed by atoms with van der Waals surface area (Å²) in [5.41, 5.74) is 0.444. The number of hydrogen-bond donors (Lipinski definition) is 0. The number of benzene rings is 2. The number of carbonyl (C=O) groups excluding carboxylic acids is 3. The quantitative estimate of drug-likeness (QED) is 0.466. The van der Waals surface area contributed by atoms with Crippen LogP contribution < -0.4 is 0 Å². The van der Waals surface area contributed by atoms with Crippen LogP contribution in [-0.4, -0.2) is 30.9 Å². The van der Waals surface area contributed by atoms with Gasteiger partial charge in [-0.25, -0.2) is 4.79 Å². The van der Waals surface area contributed by atoms with Gasteiger partial charge in [-0.3, -0.25) is 9.59 Å². The molecule has 0 saturated heterocycles. The maximum absolute atomic E-state index is 12.4. The van der Waals surface area contributed by atoms with Crippen molar-refractivity contribution in [1.82, 2.24) is 0 Å². The predicted molar refractivity (Wildman–Crippen MR) is 85.0 cm³/mol. The molecule has 0 heterocycles. The monoisotopic (exact) mass is 314 g/mol. The molecule has 120 valence electrons. The summed E-state index contributed by atoms with van der Waals surface area (Å²) in [5, 5.41) is 1.60. The molecule has 0 aliphatic carbocycles. The highest BCUT2D eigenvalue weighted by molar-refractivity contribution is 6.40. The topological polar surface area (TPSA) is 69.7 Å². The maximum atomic E-state index is 12.4. The minimum absolute atomic E-state index is 0.0651. The maximum Gasteiger partial charge on any atom is 0.375 e. The highest BCUT2D eigenvalue weighted by Crippen LogP contribution is 2.28. The number of Topliss-reactive ketones (excluding diaryl/α,β-unsaturated/α-hetero) is 1. The zero-order chi connectivity index (χ0) is 16.8. The minimum Gasteiger partial charge on any atom is -0.465 e. The SMILES string of the molecule is CCOC(=O)C(=O)C(C(=O)OCC)c1cccc2ccccc12. The lowest BCUT2D eigenvalue weighted by Gasteiger charge is -2.16. The van der Waals surface area contributed by atoms with Gasteiger partial charge in [0.05, 0.1) is 13.2 Å². The van der Waals surface area contributed by atoms with E-state index in [2.05, 4.69) is 0 Å². The Morgan fingerprint density at radius 3 is 2.26 bits per heavy atom. The summed E-state index contributed by atoms with van der Waals surface area (Å²) in [6.07, 6.45) is 0. The van der Waals surface area contributed by atoms with Crippen LogP contribution in [0.4, 0.5) is 0 Å². The van der Waals surface area contributed by atoms with E-state index in [-0.39, 0.29) is 13.2 Å². The number of rotatable bonds is 6. The van der Waals surface area contributed by atoms with Crippen molar-refractivity contribution in [3.8, 4) is 0 Å². The van der Waals surface area contributed by atoms with E-state index in [0.29, 0.717) is 5.56 Å². The number of carbonyl (C=O) groups is 3. The Morgan fingerprint density at radius 2 is 1.57 bits per heavy atom. The van der Waals surface area contributed by atoms with Gasteiger partial charge in [-0.15, -0.1) is 0 Å². The molecule has 0 aliphatic heterocycles. The van der Waals surface area contributed by atoms with Crippen LogP contribution >= 0.6 is 0 Å². The molecule has 0 bridgehead atoms. The molecule has 0 amide bonds. The minimum atomic E-state index is -1.32. The van der Waals surface area contributed by atoms with E-state index in [0.717, 1.165) is 10.8 Å². The Bertz CT molecular complexity index is 730. The standard InChI is InChI=1S/C18H18O5/c1-3-22-17(20)15(16(19)18(21)23-4-2)14-11-7-9-12-8-5-6-10-13(12)14/h5-11,15H,3-4H2,1-2H3. The third-order valence-corrected chi connectivity index (χ3v) is 3.40. The van der Waals surface area contributed by atoms with E-state index in [1.54, 1.807) is 32.0 Å². The smallest absolute Gasteiger partial charge is 0.375 e. The van der Waals surface area contributed by atoms with Crippen LogP contribution in [0.2, 0.25) is 0 Å². The molecule has 0 aliphatic rings. The van der Waals surface area contributed by atoms with E-state index >= 15 is 0 Å². The molecule has 0 saturated carbocycles. The van der Waals surface area contributed by atoms with Crippen LogP contribution in [0.1, 0.15) is 25.3 Å². The second-order valence-electron chi connectivity index (χ2n) is 4.84. The first-order valence-corrected chi connectivity index (χ1v) is 7.45. The third kappa shape index (κ3) is 3.56. The zero-order valence-corrected chi connectivity index (χ0v) is 13.1. The summed E-state index contributed by atoms with van der Waals surface area (Å²) in [7, 11) is 0. The van der Waals surface area contributed by atoms with Crippen molar-refractivity contribution in [2.24, 2.45) is 0 Å². The third-order valence-electron chi connectivity index (χ3n) is 3.40. The first kappa shape index (κ1) is 16.7. The van der Waals surface area contributed by atoms with Crippen molar-refractivity contribution >= 4 is 28.5 Å². The van der Waals surface area contributed by atoms with Gasteiger partial charge < -0.3 is 9.47 Å². The average molecular weight is 314 g/mol. The number of ketones is 1. The fourth-order valence-corrected chi connectivity index (χ4v) is 2.42. The fraction of sp³-hybridized carbons (Fsp3) is 0.278. The van der Waals surface area contributed by atoms with E-state index in [9.17, 15) is 14.4 Å². The van der Waals surface area contributed by atoms with E-state index in [1.807, 2.05) is 24.3 Å². The zero-order valence-electron chi connectivity index (χ0n) is 13.1. The molecule has 5 nitrogen and oxygen atoms in total. The second kappa shape index (κ2) is 7.54. The number of hydrogen-bond acceptors (Lipinski definition) is 5. The number of fused-ring (bicyclic) bond motifs is 1. The first-order chi connectivity index (χ1) is 11.1. The van der Waals surface area contributed by atoms with Gasteiger partial charge in [-0.1, -0.05) is 42.5 Å². The molecule has 2 aromatic rings. The van der Waals surface area contributed by atoms with Crippen LogP contribution in [-0.2, 0) is 23.9 Å². The van der Waals surface area contributed by atoms with Crippen molar-refractivity contribution in [1.29, 1.82) is 0 Å². The van der Waals surface area contributed by atoms with E-state index in [1.165, 1.54) is 0 Å². The van der Waals surface area contributed by atoms with Gasteiger partial charge in [0.15, 0.2) is 5.92 Å². The Balaban J connectivity index is 2.54. The normalized spacial score (nSPS) is 11.7. The van der Waals surface area contributed by atoms with Crippen molar-refractivity contribution in [3.05, 3.63) is 48.0 Å². The number of esters is 2. The Kier molecular flexibility index (Phi) is 5.46. The summed E-state index contributed by atoms with van der Waals surface area (Å²) >= 11 is 0. The molecule has 5 heteroatoms. The van der Waals surface area contributed by atoms with Crippen LogP contribution in [0.25, 0.3) is 10.8 Å². The van der Waals surface area contributed by atoms with Crippen molar-refractivity contribution in [2.75, 3.05) is 13.2 Å². The highest BCUT2D eigenvalue weighted by atomic mass is 16.5. The Morgan fingerprint density at radius 1 is 0.913 bits per heavy atom. The largest absolute Gasteiger partial charge is 0.465 e. The van der Waals surface area contributed by atoms with Crippen LogP contribution in [0.5, 0.6) is 0 Å². The highest BCUT2D eigenvalue weighted by Gasteiger charge is 2.36. The lowest BCUT2D eigenvalue weighted by atomic mass is 9.90. The summed E-state index contributed by atoms with van der Waals surface area (Å²) < 4.78 is 9.74. The molecule has 0 aromatic heterocycles. The van der Waals surface area contributed by atoms with Crippen molar-refractivity contribution in [3.63, 3.8) is 0 Å². The van der Waals surface area contributed by atoms with Gasteiger partial charge in [0.1, 0.15) is 0 Å². The van der Waals surface area contributed by atoms with Crippen molar-refractivity contribution in [2.45, 2.75) is 19.8 Å². The molecule has 0 spiro atoms. The molecule has 23 heavy (non-hydrogen) atoms. The van der Waals surface area contributed by atoms with E-state index < -0.39 is 23.6 Å². The molecule has 1 unspecified atom stereocenters. The Hall–Kier alpha value is -2.69. The van der Waals surface area contributed by atoms with Gasteiger partial charge in [0.25, 0.3) is 5.78 Å². The summed E-state index contributed by atoms with van der Waals surface area (Å²) in [4.78, 5) is 36.5. The average Bonchev–Trinajstić information content (AvgIpc) is 2.55. The second-order valence-corrected chi connectivity index (χ2v) is 4.84. The molecule has 2 rings (SSSR count). The molecular weight excluding hydrogens is 296 g/mol. The van der Waals surface area contributed by atoms with Gasteiger partial charge in [0, 0.05) is 0 Å². The number of ether oxygens (including phenoxy) is 2. The lowest BCUT2D eigenvalue weighted by molar-refractivity contribution is -0.159. The van der Waals surface area contributed by atoms with Gasteiger partial charge in [0.2, 0.25) is 0 Å². The predicted octanol–water partition coefficient (Wildman–Crippen LogP) is 2.62. The Labute approximate surface area is 134 Å². The van der Waals surface area contributed by atoms with Gasteiger partial charge >= 0.3 is 11.9 Å². The fourth-order valence-electron chi connectivity index (χ4n) is 2.42. The summed E-state index contributed by atoms with van der Waals surface area (Å²) in [6, 6.07) is 12.6. The first-order valence-electron chi connectivity index (χ1n) is 7.45. The van der Waals surface area contributed by atoms with Crippen LogP contribution in [0, 0.1) is 0 Å². The van der Waals surface area contributed by atoms with Crippen LogP contribution in [0.15, 0.2) is 42.5 Å².